The quantitative estimate of drug-likeness (QED) is 0.716. The van der Waals surface area contributed by atoms with E-state index in [2.05, 4.69) is 10.2 Å². The molecule has 2 heterocycles. The molecule has 25 heavy (non-hydrogen) atoms. The first-order chi connectivity index (χ1) is 12.0. The summed E-state index contributed by atoms with van der Waals surface area (Å²) in [4.78, 5) is 14.4. The lowest BCUT2D eigenvalue weighted by Gasteiger charge is -2.20. The van der Waals surface area contributed by atoms with Crippen LogP contribution in [0.1, 0.15) is 16.1 Å². The minimum atomic E-state index is -0.218. The summed E-state index contributed by atoms with van der Waals surface area (Å²) in [6, 6.07) is 12.4. The van der Waals surface area contributed by atoms with Crippen molar-refractivity contribution < 1.29 is 9.53 Å². The van der Waals surface area contributed by atoms with Crippen molar-refractivity contribution in [2.24, 2.45) is 0 Å². The highest BCUT2D eigenvalue weighted by Gasteiger charge is 2.28. The normalized spacial score (nSPS) is 12.1. The molecule has 0 saturated carbocycles. The molecule has 0 fully saturated rings. The second-order valence-electron chi connectivity index (χ2n) is 5.70. The number of hydrogen-bond donors (Lipinski definition) is 1. The Bertz CT molecular complexity index is 984. The number of hydrogen-bond acceptors (Lipinski definition) is 3. The monoisotopic (exact) mass is 373 g/mol. The van der Waals surface area contributed by atoms with Gasteiger partial charge in [0.05, 0.1) is 0 Å². The number of halogens is 2. The predicted octanol–water partition coefficient (Wildman–Crippen LogP) is 4.55. The van der Waals surface area contributed by atoms with Gasteiger partial charge < -0.3 is 9.64 Å². The number of benzene rings is 2. The van der Waals surface area contributed by atoms with E-state index >= 15 is 0 Å². The number of amides is 1. The van der Waals surface area contributed by atoms with Crippen molar-refractivity contribution in [2.45, 2.75) is 6.61 Å². The Morgan fingerprint density at radius 1 is 1.20 bits per heavy atom. The molecule has 4 rings (SSSR count). The number of aromatic amines is 1. The molecule has 0 atom stereocenters. The predicted molar refractivity (Wildman–Crippen MR) is 97.6 cm³/mol. The first-order valence-electron chi connectivity index (χ1n) is 7.58. The fourth-order valence-corrected chi connectivity index (χ4v) is 3.19. The van der Waals surface area contributed by atoms with E-state index in [1.165, 1.54) is 4.90 Å². The van der Waals surface area contributed by atoms with Crippen LogP contribution in [0.5, 0.6) is 5.75 Å². The molecule has 2 aromatic carbocycles. The van der Waals surface area contributed by atoms with Gasteiger partial charge in [-0.25, -0.2) is 0 Å². The number of anilines is 1. The van der Waals surface area contributed by atoms with Crippen molar-refractivity contribution in [1.82, 2.24) is 10.2 Å². The summed E-state index contributed by atoms with van der Waals surface area (Å²) in [5.41, 5.74) is 3.26. The number of H-pyrrole nitrogens is 1. The van der Waals surface area contributed by atoms with Crippen LogP contribution in [0, 0.1) is 0 Å². The summed E-state index contributed by atoms with van der Waals surface area (Å²) in [7, 11) is 1.69. The third-order valence-electron chi connectivity index (χ3n) is 4.15. The fourth-order valence-electron chi connectivity index (χ4n) is 2.84. The molecule has 5 nitrogen and oxygen atoms in total. The zero-order valence-electron chi connectivity index (χ0n) is 13.2. The zero-order valence-corrected chi connectivity index (χ0v) is 14.7. The van der Waals surface area contributed by atoms with E-state index in [1.54, 1.807) is 43.4 Å². The third kappa shape index (κ3) is 2.75. The van der Waals surface area contributed by atoms with E-state index < -0.39 is 0 Å². The van der Waals surface area contributed by atoms with Gasteiger partial charge in [0.2, 0.25) is 0 Å². The largest absolute Gasteiger partial charge is 0.488 e. The molecule has 0 unspecified atom stereocenters. The Kier molecular flexibility index (Phi) is 3.90. The lowest BCUT2D eigenvalue weighted by atomic mass is 10.0. The third-order valence-corrected chi connectivity index (χ3v) is 4.62. The van der Waals surface area contributed by atoms with Gasteiger partial charge in [-0.15, -0.1) is 0 Å². The minimum Gasteiger partial charge on any atom is -0.488 e. The maximum atomic E-state index is 12.9. The zero-order chi connectivity index (χ0) is 17.6. The Morgan fingerprint density at radius 3 is 2.80 bits per heavy atom. The summed E-state index contributed by atoms with van der Waals surface area (Å²) in [6.07, 6.45) is 0. The van der Waals surface area contributed by atoms with Crippen molar-refractivity contribution >= 4 is 34.8 Å². The molecule has 0 spiro atoms. The lowest BCUT2D eigenvalue weighted by Crippen LogP contribution is -2.28. The minimum absolute atomic E-state index is 0.218. The van der Waals surface area contributed by atoms with Gasteiger partial charge in [-0.1, -0.05) is 29.3 Å². The average molecular weight is 374 g/mol. The maximum absolute atomic E-state index is 12.9. The van der Waals surface area contributed by atoms with Gasteiger partial charge in [-0.05, 0) is 36.4 Å². The van der Waals surface area contributed by atoms with Gasteiger partial charge in [-0.2, -0.15) is 5.10 Å². The first-order valence-corrected chi connectivity index (χ1v) is 8.34. The number of fused-ring (bicyclic) bond motifs is 3. The van der Waals surface area contributed by atoms with Crippen LogP contribution in [-0.2, 0) is 6.61 Å². The van der Waals surface area contributed by atoms with Gasteiger partial charge in [-0.3, -0.25) is 9.89 Å². The van der Waals surface area contributed by atoms with Crippen LogP contribution in [0.25, 0.3) is 11.3 Å². The second-order valence-corrected chi connectivity index (χ2v) is 6.57. The Hall–Kier alpha value is -2.50. The molecule has 1 aromatic heterocycles. The van der Waals surface area contributed by atoms with Crippen LogP contribution in [0.4, 0.5) is 5.69 Å². The van der Waals surface area contributed by atoms with E-state index in [9.17, 15) is 4.79 Å². The number of nitrogens with one attached hydrogen (secondary N) is 1. The molecular formula is C18H13Cl2N3O2. The molecule has 0 radical (unpaired) electrons. The van der Waals surface area contributed by atoms with E-state index in [1.807, 2.05) is 6.07 Å². The van der Waals surface area contributed by atoms with E-state index in [-0.39, 0.29) is 12.5 Å². The molecule has 126 valence electrons. The van der Waals surface area contributed by atoms with Gasteiger partial charge in [0.25, 0.3) is 5.91 Å². The van der Waals surface area contributed by atoms with Gasteiger partial charge in [0.15, 0.2) is 0 Å². The molecular weight excluding hydrogens is 361 g/mol. The SMILES string of the molecule is CN(C(=O)c1[nH]nc2c1COc1ccc(Cl)cc1-2)c1cccc(Cl)c1. The molecule has 1 amide bonds. The molecule has 0 saturated heterocycles. The number of ether oxygens (including phenoxy) is 1. The number of aromatic nitrogens is 2. The molecule has 1 aliphatic rings. The maximum Gasteiger partial charge on any atom is 0.276 e. The highest BCUT2D eigenvalue weighted by Crippen LogP contribution is 2.39. The first kappa shape index (κ1) is 16.0. The molecule has 1 N–H and O–H groups in total. The van der Waals surface area contributed by atoms with Crippen LogP contribution in [0.2, 0.25) is 10.0 Å². The van der Waals surface area contributed by atoms with Crippen molar-refractivity contribution in [3.05, 3.63) is 63.8 Å². The van der Waals surface area contributed by atoms with Crippen molar-refractivity contribution in [2.75, 3.05) is 11.9 Å². The van der Waals surface area contributed by atoms with Gasteiger partial charge in [0.1, 0.15) is 23.7 Å². The highest BCUT2D eigenvalue weighted by molar-refractivity contribution is 6.31. The van der Waals surface area contributed by atoms with Gasteiger partial charge in [0, 0.05) is 33.9 Å². The molecule has 1 aliphatic heterocycles. The second kappa shape index (κ2) is 6.10. The summed E-state index contributed by atoms with van der Waals surface area (Å²) in [6.45, 7) is 0.269. The summed E-state index contributed by atoms with van der Waals surface area (Å²) >= 11 is 12.1. The Labute approximate surface area is 154 Å². The molecule has 0 aliphatic carbocycles. The van der Waals surface area contributed by atoms with Crippen LogP contribution in [0.15, 0.2) is 42.5 Å². The number of nitrogens with zero attached hydrogens (tertiary/aromatic N) is 2. The van der Waals surface area contributed by atoms with E-state index in [0.717, 1.165) is 5.56 Å². The van der Waals surface area contributed by atoms with Crippen molar-refractivity contribution in [1.29, 1.82) is 0 Å². The number of carbonyl (C=O) groups is 1. The van der Waals surface area contributed by atoms with Crippen molar-refractivity contribution in [3.63, 3.8) is 0 Å². The fraction of sp³-hybridized carbons (Fsp3) is 0.111. The van der Waals surface area contributed by atoms with Crippen LogP contribution >= 0.6 is 23.2 Å². The summed E-state index contributed by atoms with van der Waals surface area (Å²) in [5, 5.41) is 8.31. The standard InChI is InChI=1S/C18H13Cl2N3O2/c1-23(12-4-2-3-10(19)7-12)18(24)17-14-9-25-15-6-5-11(20)8-13(15)16(14)21-22-17/h2-8H,9H2,1H3,(H,21,22). The van der Waals surface area contributed by atoms with Crippen LogP contribution in [0.3, 0.4) is 0 Å². The summed E-state index contributed by atoms with van der Waals surface area (Å²) in [5.74, 6) is 0.482. The van der Waals surface area contributed by atoms with Gasteiger partial charge >= 0.3 is 0 Å². The van der Waals surface area contributed by atoms with Crippen molar-refractivity contribution in [3.8, 4) is 17.0 Å². The topological polar surface area (TPSA) is 58.2 Å². The Morgan fingerprint density at radius 2 is 2.00 bits per heavy atom. The molecule has 3 aromatic rings. The number of carbonyl (C=O) groups excluding carboxylic acids is 1. The van der Waals surface area contributed by atoms with Crippen LogP contribution < -0.4 is 9.64 Å². The molecule has 7 heteroatoms. The smallest absolute Gasteiger partial charge is 0.276 e. The Balaban J connectivity index is 1.73. The van der Waals surface area contributed by atoms with E-state index in [0.29, 0.717) is 38.4 Å². The van der Waals surface area contributed by atoms with Crippen LogP contribution in [-0.4, -0.2) is 23.2 Å². The summed E-state index contributed by atoms with van der Waals surface area (Å²) < 4.78 is 5.75. The lowest BCUT2D eigenvalue weighted by molar-refractivity contribution is 0.0985. The van der Waals surface area contributed by atoms with E-state index in [4.69, 9.17) is 27.9 Å². The number of rotatable bonds is 2. The highest BCUT2D eigenvalue weighted by atomic mass is 35.5. The average Bonchev–Trinajstić information content (AvgIpc) is 3.05. The molecule has 0 bridgehead atoms.